The zero-order valence-electron chi connectivity index (χ0n) is 13.6. The Morgan fingerprint density at radius 2 is 1.62 bits per heavy atom. The van der Waals surface area contributed by atoms with Crippen molar-refractivity contribution in [1.29, 1.82) is 0 Å². The van der Waals surface area contributed by atoms with E-state index in [9.17, 15) is 22.8 Å². The van der Waals surface area contributed by atoms with Crippen LogP contribution in [0.5, 0.6) is 0 Å². The Balaban J connectivity index is 1.58. The summed E-state index contributed by atoms with van der Waals surface area (Å²) in [4.78, 5) is 26.8. The molecule has 0 bridgehead atoms. The summed E-state index contributed by atoms with van der Waals surface area (Å²) in [6.07, 6.45) is -0.0486. The SMILES string of the molecule is O=C(C1CCN(C(=O)C(F)(F)F)CC1)N1CCOC2CCCCC21. The Bertz CT molecular complexity index is 487. The Labute approximate surface area is 139 Å². The summed E-state index contributed by atoms with van der Waals surface area (Å²) < 4.78 is 43.2. The van der Waals surface area contributed by atoms with E-state index >= 15 is 0 Å². The number of nitrogens with zero attached hydrogens (tertiary/aromatic N) is 2. The van der Waals surface area contributed by atoms with Crippen molar-refractivity contribution in [3.05, 3.63) is 0 Å². The van der Waals surface area contributed by atoms with Crippen LogP contribution in [-0.4, -0.2) is 66.2 Å². The third-order valence-corrected chi connectivity index (χ3v) is 5.39. The van der Waals surface area contributed by atoms with Crippen LogP contribution in [0.15, 0.2) is 0 Å². The molecule has 1 aliphatic carbocycles. The molecule has 24 heavy (non-hydrogen) atoms. The Hall–Kier alpha value is -1.31. The molecule has 5 nitrogen and oxygen atoms in total. The highest BCUT2D eigenvalue weighted by Crippen LogP contribution is 2.31. The molecule has 0 N–H and O–H groups in total. The number of morpholine rings is 1. The van der Waals surface area contributed by atoms with Crippen molar-refractivity contribution >= 4 is 11.8 Å². The van der Waals surface area contributed by atoms with E-state index in [1.54, 1.807) is 0 Å². The van der Waals surface area contributed by atoms with Crippen molar-refractivity contribution < 1.29 is 27.5 Å². The highest BCUT2D eigenvalue weighted by Gasteiger charge is 2.45. The second-order valence-corrected chi connectivity index (χ2v) is 6.86. The number of amides is 2. The van der Waals surface area contributed by atoms with Gasteiger partial charge in [-0.15, -0.1) is 0 Å². The summed E-state index contributed by atoms with van der Waals surface area (Å²) >= 11 is 0. The predicted octanol–water partition coefficient (Wildman–Crippen LogP) is 1.96. The Kier molecular flexibility index (Phi) is 5.03. The predicted molar refractivity (Wildman–Crippen MR) is 79.1 cm³/mol. The number of halogens is 3. The molecule has 0 spiro atoms. The van der Waals surface area contributed by atoms with Gasteiger partial charge >= 0.3 is 12.1 Å². The zero-order chi connectivity index (χ0) is 17.3. The lowest BCUT2D eigenvalue weighted by atomic mass is 9.88. The third-order valence-electron chi connectivity index (χ3n) is 5.39. The van der Waals surface area contributed by atoms with E-state index in [-0.39, 0.29) is 37.1 Å². The fourth-order valence-corrected chi connectivity index (χ4v) is 4.11. The van der Waals surface area contributed by atoms with E-state index in [0.717, 1.165) is 30.6 Å². The number of hydrogen-bond donors (Lipinski definition) is 0. The molecule has 8 heteroatoms. The van der Waals surface area contributed by atoms with E-state index in [2.05, 4.69) is 0 Å². The van der Waals surface area contributed by atoms with Gasteiger partial charge in [0.25, 0.3) is 0 Å². The van der Waals surface area contributed by atoms with Gasteiger partial charge in [0.05, 0.1) is 18.8 Å². The number of alkyl halides is 3. The standard InChI is InChI=1S/C16H23F3N2O3/c17-16(18,19)15(23)20-7-5-11(6-8-20)14(22)21-9-10-24-13-4-2-1-3-12(13)21/h11-13H,1-10H2. The fraction of sp³-hybridized carbons (Fsp3) is 0.875. The largest absolute Gasteiger partial charge is 0.471 e. The molecule has 0 aromatic carbocycles. The van der Waals surface area contributed by atoms with Crippen LogP contribution in [0.4, 0.5) is 13.2 Å². The van der Waals surface area contributed by atoms with Crippen LogP contribution in [0.3, 0.4) is 0 Å². The summed E-state index contributed by atoms with van der Waals surface area (Å²) in [6.45, 7) is 1.07. The molecule has 136 valence electrons. The van der Waals surface area contributed by atoms with Gasteiger partial charge < -0.3 is 14.5 Å². The molecule has 0 aromatic rings. The summed E-state index contributed by atoms with van der Waals surface area (Å²) in [7, 11) is 0. The molecule has 3 aliphatic rings. The summed E-state index contributed by atoms with van der Waals surface area (Å²) in [6, 6.07) is 0.106. The van der Waals surface area contributed by atoms with Crippen LogP contribution in [-0.2, 0) is 14.3 Å². The number of likely N-dealkylation sites (tertiary alicyclic amines) is 1. The summed E-state index contributed by atoms with van der Waals surface area (Å²) in [5.41, 5.74) is 0. The molecule has 0 aromatic heterocycles. The first kappa shape index (κ1) is 17.5. The third kappa shape index (κ3) is 3.53. The smallest absolute Gasteiger partial charge is 0.374 e. The monoisotopic (exact) mass is 348 g/mol. The molecule has 0 radical (unpaired) electrons. The van der Waals surface area contributed by atoms with Crippen LogP contribution in [0.2, 0.25) is 0 Å². The topological polar surface area (TPSA) is 49.9 Å². The highest BCUT2D eigenvalue weighted by atomic mass is 19.4. The highest BCUT2D eigenvalue weighted by molar-refractivity contribution is 5.83. The second-order valence-electron chi connectivity index (χ2n) is 6.86. The van der Waals surface area contributed by atoms with Gasteiger partial charge in [-0.1, -0.05) is 12.8 Å². The molecule has 3 rings (SSSR count). The van der Waals surface area contributed by atoms with Crippen molar-refractivity contribution in [1.82, 2.24) is 9.80 Å². The van der Waals surface area contributed by atoms with Crippen molar-refractivity contribution in [2.24, 2.45) is 5.92 Å². The van der Waals surface area contributed by atoms with Crippen LogP contribution in [0.25, 0.3) is 0 Å². The maximum Gasteiger partial charge on any atom is 0.471 e. The van der Waals surface area contributed by atoms with E-state index in [4.69, 9.17) is 4.74 Å². The van der Waals surface area contributed by atoms with Crippen molar-refractivity contribution in [2.75, 3.05) is 26.2 Å². The van der Waals surface area contributed by atoms with Gasteiger partial charge in [-0.25, -0.2) is 0 Å². The van der Waals surface area contributed by atoms with E-state index in [1.165, 1.54) is 0 Å². The number of ether oxygens (including phenoxy) is 1. The van der Waals surface area contributed by atoms with Gasteiger partial charge in [-0.3, -0.25) is 9.59 Å². The molecule has 2 heterocycles. The second kappa shape index (κ2) is 6.90. The zero-order valence-corrected chi connectivity index (χ0v) is 13.6. The van der Waals surface area contributed by atoms with Crippen LogP contribution >= 0.6 is 0 Å². The Morgan fingerprint density at radius 1 is 0.958 bits per heavy atom. The van der Waals surface area contributed by atoms with Gasteiger partial charge in [0, 0.05) is 25.6 Å². The minimum atomic E-state index is -4.84. The van der Waals surface area contributed by atoms with E-state index in [0.29, 0.717) is 26.0 Å². The molecule has 2 amide bonds. The first-order chi connectivity index (χ1) is 11.4. The molecule has 3 fully saturated rings. The number of fused-ring (bicyclic) bond motifs is 1. The molecule has 2 aliphatic heterocycles. The molecular weight excluding hydrogens is 325 g/mol. The lowest BCUT2D eigenvalue weighted by molar-refractivity contribution is -0.187. The normalized spacial score (nSPS) is 29.3. The van der Waals surface area contributed by atoms with Crippen molar-refractivity contribution in [2.45, 2.75) is 56.8 Å². The summed E-state index contributed by atoms with van der Waals surface area (Å²) in [5, 5.41) is 0. The van der Waals surface area contributed by atoms with Gasteiger partial charge in [0.2, 0.25) is 5.91 Å². The fourth-order valence-electron chi connectivity index (χ4n) is 4.11. The summed E-state index contributed by atoms with van der Waals surface area (Å²) in [5.74, 6) is -2.07. The molecule has 1 saturated carbocycles. The number of piperidine rings is 1. The average Bonchev–Trinajstić information content (AvgIpc) is 2.59. The van der Waals surface area contributed by atoms with Gasteiger partial charge in [0.1, 0.15) is 0 Å². The van der Waals surface area contributed by atoms with E-state index in [1.807, 2.05) is 4.90 Å². The van der Waals surface area contributed by atoms with Gasteiger partial charge in [-0.05, 0) is 25.7 Å². The number of hydrogen-bond acceptors (Lipinski definition) is 3. The van der Waals surface area contributed by atoms with Gasteiger partial charge in [0.15, 0.2) is 0 Å². The number of rotatable bonds is 1. The lowest BCUT2D eigenvalue weighted by Crippen LogP contribution is -2.57. The maximum absolute atomic E-state index is 12.8. The van der Waals surface area contributed by atoms with Crippen LogP contribution in [0, 0.1) is 5.92 Å². The van der Waals surface area contributed by atoms with Crippen LogP contribution < -0.4 is 0 Å². The first-order valence-corrected chi connectivity index (χ1v) is 8.66. The van der Waals surface area contributed by atoms with Crippen LogP contribution in [0.1, 0.15) is 38.5 Å². The molecule has 2 atom stereocenters. The average molecular weight is 348 g/mol. The quantitative estimate of drug-likeness (QED) is 0.728. The number of carbonyl (C=O) groups excluding carboxylic acids is 2. The van der Waals surface area contributed by atoms with E-state index < -0.39 is 12.1 Å². The molecular formula is C16H23F3N2O3. The minimum Gasteiger partial charge on any atom is -0.374 e. The maximum atomic E-state index is 12.8. The van der Waals surface area contributed by atoms with Crippen molar-refractivity contribution in [3.8, 4) is 0 Å². The Morgan fingerprint density at radius 3 is 2.29 bits per heavy atom. The molecule has 2 unspecified atom stereocenters. The van der Waals surface area contributed by atoms with Gasteiger partial charge in [-0.2, -0.15) is 13.2 Å². The minimum absolute atomic E-state index is 0.00676. The lowest BCUT2D eigenvalue weighted by Gasteiger charge is -2.45. The first-order valence-electron chi connectivity index (χ1n) is 8.66. The van der Waals surface area contributed by atoms with Crippen molar-refractivity contribution in [3.63, 3.8) is 0 Å². The molecule has 2 saturated heterocycles. The number of carbonyl (C=O) groups is 2.